The standard InChI is InChI=1S/C12H21N3O/c1-4-5-8-13-9-10-6-7-11(14-10)12(16)15(2)3/h6-7,13-14H,4-5,8-9H2,1-3H3. The van der Waals surface area contributed by atoms with Gasteiger partial charge in [0.2, 0.25) is 0 Å². The Bertz CT molecular complexity index is 331. The van der Waals surface area contributed by atoms with E-state index in [0.29, 0.717) is 5.69 Å². The van der Waals surface area contributed by atoms with E-state index in [0.717, 1.165) is 18.8 Å². The van der Waals surface area contributed by atoms with Crippen LogP contribution in [0.1, 0.15) is 35.9 Å². The smallest absolute Gasteiger partial charge is 0.269 e. The zero-order chi connectivity index (χ0) is 12.0. The van der Waals surface area contributed by atoms with Crippen LogP contribution in [0, 0.1) is 0 Å². The minimum absolute atomic E-state index is 0.0137. The predicted molar refractivity (Wildman–Crippen MR) is 65.4 cm³/mol. The van der Waals surface area contributed by atoms with Gasteiger partial charge >= 0.3 is 0 Å². The van der Waals surface area contributed by atoms with Gasteiger partial charge in [-0.2, -0.15) is 0 Å². The van der Waals surface area contributed by atoms with Gasteiger partial charge < -0.3 is 15.2 Å². The summed E-state index contributed by atoms with van der Waals surface area (Å²) >= 11 is 0. The van der Waals surface area contributed by atoms with Gasteiger partial charge in [0.05, 0.1) is 0 Å². The number of hydrogen-bond donors (Lipinski definition) is 2. The number of aromatic nitrogens is 1. The summed E-state index contributed by atoms with van der Waals surface area (Å²) < 4.78 is 0. The van der Waals surface area contributed by atoms with E-state index in [2.05, 4.69) is 17.2 Å². The van der Waals surface area contributed by atoms with Gasteiger partial charge in [0, 0.05) is 26.3 Å². The van der Waals surface area contributed by atoms with E-state index < -0.39 is 0 Å². The largest absolute Gasteiger partial charge is 0.353 e. The zero-order valence-electron chi connectivity index (χ0n) is 10.3. The average Bonchev–Trinajstić information content (AvgIpc) is 2.72. The third-order valence-corrected chi connectivity index (χ3v) is 2.41. The molecule has 0 fully saturated rings. The highest BCUT2D eigenvalue weighted by molar-refractivity contribution is 5.92. The lowest BCUT2D eigenvalue weighted by Crippen LogP contribution is -2.22. The van der Waals surface area contributed by atoms with Gasteiger partial charge in [-0.25, -0.2) is 0 Å². The first-order valence-electron chi connectivity index (χ1n) is 5.75. The summed E-state index contributed by atoms with van der Waals surface area (Å²) in [6, 6.07) is 3.79. The van der Waals surface area contributed by atoms with Crippen molar-refractivity contribution in [3.8, 4) is 0 Å². The third kappa shape index (κ3) is 3.70. The molecular weight excluding hydrogens is 202 g/mol. The van der Waals surface area contributed by atoms with Crippen LogP contribution in [-0.4, -0.2) is 36.4 Å². The predicted octanol–water partition coefficient (Wildman–Crippen LogP) is 1.61. The average molecular weight is 223 g/mol. The summed E-state index contributed by atoms with van der Waals surface area (Å²) in [6.45, 7) is 3.98. The van der Waals surface area contributed by atoms with Crippen molar-refractivity contribution in [3.63, 3.8) is 0 Å². The van der Waals surface area contributed by atoms with Crippen molar-refractivity contribution in [1.29, 1.82) is 0 Å². The van der Waals surface area contributed by atoms with Crippen LogP contribution >= 0.6 is 0 Å². The number of carbonyl (C=O) groups excluding carboxylic acids is 1. The first-order valence-corrected chi connectivity index (χ1v) is 5.75. The highest BCUT2D eigenvalue weighted by atomic mass is 16.2. The summed E-state index contributed by atoms with van der Waals surface area (Å²) in [7, 11) is 3.50. The van der Waals surface area contributed by atoms with Crippen LogP contribution in [0.15, 0.2) is 12.1 Å². The maximum Gasteiger partial charge on any atom is 0.269 e. The Morgan fingerprint density at radius 1 is 1.44 bits per heavy atom. The van der Waals surface area contributed by atoms with Gasteiger partial charge in [-0.3, -0.25) is 4.79 Å². The van der Waals surface area contributed by atoms with Crippen LogP contribution in [0.3, 0.4) is 0 Å². The number of hydrogen-bond acceptors (Lipinski definition) is 2. The van der Waals surface area contributed by atoms with Gasteiger partial charge in [-0.05, 0) is 25.1 Å². The fraction of sp³-hybridized carbons (Fsp3) is 0.583. The number of nitrogens with one attached hydrogen (secondary N) is 2. The summed E-state index contributed by atoms with van der Waals surface area (Å²) in [5.41, 5.74) is 1.71. The molecule has 1 amide bonds. The van der Waals surface area contributed by atoms with Gasteiger partial charge in [-0.1, -0.05) is 13.3 Å². The molecule has 0 bridgehead atoms. The molecule has 2 N–H and O–H groups in total. The molecule has 0 aliphatic rings. The number of carbonyl (C=O) groups is 1. The fourth-order valence-corrected chi connectivity index (χ4v) is 1.43. The Morgan fingerprint density at radius 3 is 2.81 bits per heavy atom. The van der Waals surface area contributed by atoms with Gasteiger partial charge in [-0.15, -0.1) is 0 Å². The van der Waals surface area contributed by atoms with Crippen LogP contribution in [0.5, 0.6) is 0 Å². The molecule has 0 saturated carbocycles. The first kappa shape index (κ1) is 12.8. The highest BCUT2D eigenvalue weighted by Gasteiger charge is 2.09. The molecule has 0 radical (unpaired) electrons. The lowest BCUT2D eigenvalue weighted by atomic mass is 10.3. The van der Waals surface area contributed by atoms with Crippen molar-refractivity contribution < 1.29 is 4.79 Å². The fourth-order valence-electron chi connectivity index (χ4n) is 1.43. The third-order valence-electron chi connectivity index (χ3n) is 2.41. The van der Waals surface area contributed by atoms with E-state index in [1.807, 2.05) is 12.1 Å². The zero-order valence-corrected chi connectivity index (χ0v) is 10.3. The van der Waals surface area contributed by atoms with Crippen LogP contribution in [0.4, 0.5) is 0 Å². The Hall–Kier alpha value is -1.29. The Kier molecular flexibility index (Phi) is 5.05. The van der Waals surface area contributed by atoms with Crippen molar-refractivity contribution in [2.75, 3.05) is 20.6 Å². The second kappa shape index (κ2) is 6.33. The number of nitrogens with zero attached hydrogens (tertiary/aromatic N) is 1. The van der Waals surface area contributed by atoms with Crippen molar-refractivity contribution in [1.82, 2.24) is 15.2 Å². The van der Waals surface area contributed by atoms with Crippen LogP contribution in [0.2, 0.25) is 0 Å². The van der Waals surface area contributed by atoms with Crippen molar-refractivity contribution in [2.45, 2.75) is 26.3 Å². The van der Waals surface area contributed by atoms with E-state index in [1.165, 1.54) is 12.8 Å². The molecule has 0 spiro atoms. The molecule has 16 heavy (non-hydrogen) atoms. The quantitative estimate of drug-likeness (QED) is 0.720. The van der Waals surface area contributed by atoms with Crippen molar-refractivity contribution in [2.24, 2.45) is 0 Å². The van der Waals surface area contributed by atoms with E-state index >= 15 is 0 Å². The molecule has 4 nitrogen and oxygen atoms in total. The van der Waals surface area contributed by atoms with Crippen LogP contribution in [0.25, 0.3) is 0 Å². The highest BCUT2D eigenvalue weighted by Crippen LogP contribution is 2.03. The lowest BCUT2D eigenvalue weighted by molar-refractivity contribution is 0.0822. The number of rotatable bonds is 6. The van der Waals surface area contributed by atoms with Gasteiger partial charge in [0.15, 0.2) is 0 Å². The van der Waals surface area contributed by atoms with E-state index in [9.17, 15) is 4.79 Å². The topological polar surface area (TPSA) is 48.1 Å². The lowest BCUT2D eigenvalue weighted by Gasteiger charge is -2.08. The molecule has 0 aliphatic heterocycles. The molecule has 1 heterocycles. The van der Waals surface area contributed by atoms with Crippen LogP contribution in [-0.2, 0) is 6.54 Å². The van der Waals surface area contributed by atoms with Crippen molar-refractivity contribution in [3.05, 3.63) is 23.5 Å². The number of H-pyrrole nitrogens is 1. The molecule has 1 aromatic heterocycles. The van der Waals surface area contributed by atoms with Crippen molar-refractivity contribution >= 4 is 5.91 Å². The van der Waals surface area contributed by atoms with Gasteiger partial charge in [0.25, 0.3) is 5.91 Å². The second-order valence-corrected chi connectivity index (χ2v) is 4.13. The maximum absolute atomic E-state index is 11.6. The second-order valence-electron chi connectivity index (χ2n) is 4.13. The molecular formula is C12H21N3O. The number of aromatic amines is 1. The van der Waals surface area contributed by atoms with Gasteiger partial charge in [0.1, 0.15) is 5.69 Å². The molecule has 0 saturated heterocycles. The first-order chi connectivity index (χ1) is 7.65. The SMILES string of the molecule is CCCCNCc1ccc(C(=O)N(C)C)[nH]1. The molecule has 0 unspecified atom stereocenters. The normalized spacial score (nSPS) is 10.4. The minimum Gasteiger partial charge on any atom is -0.353 e. The number of amides is 1. The summed E-state index contributed by atoms with van der Waals surface area (Å²) in [5, 5.41) is 3.33. The van der Waals surface area contributed by atoms with E-state index in [1.54, 1.807) is 19.0 Å². The molecule has 1 rings (SSSR count). The Morgan fingerprint density at radius 2 is 2.19 bits per heavy atom. The van der Waals surface area contributed by atoms with Crippen LogP contribution < -0.4 is 5.32 Å². The Balaban J connectivity index is 2.42. The molecule has 90 valence electrons. The molecule has 1 aromatic rings. The monoisotopic (exact) mass is 223 g/mol. The molecule has 0 atom stereocenters. The summed E-state index contributed by atoms with van der Waals surface area (Å²) in [6.07, 6.45) is 2.38. The molecule has 0 aromatic carbocycles. The Labute approximate surface area is 97.0 Å². The molecule has 4 heteroatoms. The maximum atomic E-state index is 11.6. The minimum atomic E-state index is 0.0137. The summed E-state index contributed by atoms with van der Waals surface area (Å²) in [5.74, 6) is 0.0137. The number of unbranched alkanes of at least 4 members (excludes halogenated alkanes) is 1. The molecule has 0 aliphatic carbocycles. The summed E-state index contributed by atoms with van der Waals surface area (Å²) in [4.78, 5) is 16.3. The van der Waals surface area contributed by atoms with E-state index in [4.69, 9.17) is 0 Å². The van der Waals surface area contributed by atoms with E-state index in [-0.39, 0.29) is 5.91 Å².